The zero-order valence-corrected chi connectivity index (χ0v) is 12.2. The van der Waals surface area contributed by atoms with Gasteiger partial charge in [0.2, 0.25) is 0 Å². The molecular formula is C13H12BrNO2S. The molecule has 1 aromatic carbocycles. The van der Waals surface area contributed by atoms with Gasteiger partial charge in [-0.05, 0) is 51.6 Å². The molecule has 0 amide bonds. The molecule has 0 radical (unpaired) electrons. The van der Waals surface area contributed by atoms with Crippen LogP contribution in [0, 0.1) is 0 Å². The summed E-state index contributed by atoms with van der Waals surface area (Å²) in [7, 11) is 1.38. The second-order valence-electron chi connectivity index (χ2n) is 3.61. The standard InChI is InChI=1S/C13H12BrNO2S/c1-17-13(16)9-2-4-10(5-3-9)15-8-12-11(14)6-7-18-12/h2-7,15H,8H2,1H3. The summed E-state index contributed by atoms with van der Waals surface area (Å²) in [4.78, 5) is 12.5. The highest BCUT2D eigenvalue weighted by Gasteiger charge is 2.05. The van der Waals surface area contributed by atoms with Crippen molar-refractivity contribution in [3.8, 4) is 0 Å². The first-order valence-electron chi connectivity index (χ1n) is 5.35. The third kappa shape index (κ3) is 3.11. The van der Waals surface area contributed by atoms with Gasteiger partial charge in [-0.2, -0.15) is 0 Å². The van der Waals surface area contributed by atoms with Crippen molar-refractivity contribution in [2.24, 2.45) is 0 Å². The smallest absolute Gasteiger partial charge is 0.337 e. The molecule has 0 aliphatic carbocycles. The number of methoxy groups -OCH3 is 1. The van der Waals surface area contributed by atoms with Crippen molar-refractivity contribution in [3.63, 3.8) is 0 Å². The number of anilines is 1. The molecule has 18 heavy (non-hydrogen) atoms. The number of rotatable bonds is 4. The monoisotopic (exact) mass is 325 g/mol. The largest absolute Gasteiger partial charge is 0.465 e. The van der Waals surface area contributed by atoms with Gasteiger partial charge in [0.1, 0.15) is 0 Å². The SMILES string of the molecule is COC(=O)c1ccc(NCc2sccc2Br)cc1. The van der Waals surface area contributed by atoms with Crippen molar-refractivity contribution in [1.82, 2.24) is 0 Å². The summed E-state index contributed by atoms with van der Waals surface area (Å²) in [6.45, 7) is 0.760. The molecular weight excluding hydrogens is 314 g/mol. The van der Waals surface area contributed by atoms with E-state index in [1.807, 2.05) is 23.6 Å². The Balaban J connectivity index is 1.98. The average Bonchev–Trinajstić information content (AvgIpc) is 2.81. The van der Waals surface area contributed by atoms with Crippen LogP contribution >= 0.6 is 27.3 Å². The van der Waals surface area contributed by atoms with Gasteiger partial charge in [-0.15, -0.1) is 11.3 Å². The lowest BCUT2D eigenvalue weighted by molar-refractivity contribution is 0.0601. The Morgan fingerprint density at radius 1 is 1.33 bits per heavy atom. The van der Waals surface area contributed by atoms with Crippen molar-refractivity contribution in [1.29, 1.82) is 0 Å². The van der Waals surface area contributed by atoms with E-state index in [-0.39, 0.29) is 5.97 Å². The molecule has 0 saturated heterocycles. The molecule has 1 N–H and O–H groups in total. The molecule has 1 aromatic heterocycles. The highest BCUT2D eigenvalue weighted by Crippen LogP contribution is 2.23. The molecule has 0 saturated carbocycles. The lowest BCUT2D eigenvalue weighted by atomic mass is 10.2. The van der Waals surface area contributed by atoms with Gasteiger partial charge in [0.25, 0.3) is 0 Å². The third-order valence-electron chi connectivity index (χ3n) is 2.45. The van der Waals surface area contributed by atoms with Crippen LogP contribution in [0.25, 0.3) is 0 Å². The van der Waals surface area contributed by atoms with Crippen LogP contribution in [0.2, 0.25) is 0 Å². The first-order chi connectivity index (χ1) is 8.70. The lowest BCUT2D eigenvalue weighted by Gasteiger charge is -2.06. The van der Waals surface area contributed by atoms with E-state index in [0.29, 0.717) is 5.56 Å². The van der Waals surface area contributed by atoms with E-state index in [9.17, 15) is 4.79 Å². The second kappa shape index (κ2) is 6.02. The first-order valence-corrected chi connectivity index (χ1v) is 7.02. The minimum Gasteiger partial charge on any atom is -0.465 e. The van der Waals surface area contributed by atoms with Crippen LogP contribution in [0.1, 0.15) is 15.2 Å². The Hall–Kier alpha value is -1.33. The topological polar surface area (TPSA) is 38.3 Å². The lowest BCUT2D eigenvalue weighted by Crippen LogP contribution is -2.02. The highest BCUT2D eigenvalue weighted by atomic mass is 79.9. The molecule has 0 aliphatic rings. The van der Waals surface area contributed by atoms with Crippen molar-refractivity contribution in [2.45, 2.75) is 6.54 Å². The second-order valence-corrected chi connectivity index (χ2v) is 5.47. The average molecular weight is 326 g/mol. The number of carbonyl (C=O) groups is 1. The van der Waals surface area contributed by atoms with Gasteiger partial charge in [0.05, 0.1) is 19.2 Å². The van der Waals surface area contributed by atoms with Crippen LogP contribution < -0.4 is 5.32 Å². The van der Waals surface area contributed by atoms with Crippen molar-refractivity contribution < 1.29 is 9.53 Å². The fraction of sp³-hybridized carbons (Fsp3) is 0.154. The molecule has 94 valence electrons. The predicted molar refractivity (Wildman–Crippen MR) is 77.1 cm³/mol. The highest BCUT2D eigenvalue weighted by molar-refractivity contribution is 9.10. The maximum absolute atomic E-state index is 11.3. The number of benzene rings is 1. The van der Waals surface area contributed by atoms with Crippen LogP contribution in [-0.4, -0.2) is 13.1 Å². The number of esters is 1. The Labute approximate surface area is 118 Å². The number of ether oxygens (including phenoxy) is 1. The van der Waals surface area contributed by atoms with Gasteiger partial charge in [-0.25, -0.2) is 4.79 Å². The Bertz CT molecular complexity index is 536. The van der Waals surface area contributed by atoms with Gasteiger partial charge in [-0.1, -0.05) is 0 Å². The number of halogens is 1. The molecule has 2 aromatic rings. The molecule has 3 nitrogen and oxygen atoms in total. The molecule has 0 unspecified atom stereocenters. The van der Waals surface area contributed by atoms with Gasteiger partial charge in [-0.3, -0.25) is 0 Å². The zero-order valence-electron chi connectivity index (χ0n) is 9.77. The molecule has 0 atom stereocenters. The van der Waals surface area contributed by atoms with Crippen molar-refractivity contribution in [2.75, 3.05) is 12.4 Å². The molecule has 1 heterocycles. The zero-order chi connectivity index (χ0) is 13.0. The molecule has 0 fully saturated rings. The van der Waals surface area contributed by atoms with Crippen LogP contribution in [0.5, 0.6) is 0 Å². The van der Waals surface area contributed by atoms with Crippen molar-refractivity contribution >= 4 is 38.9 Å². The normalized spacial score (nSPS) is 10.1. The number of carbonyl (C=O) groups excluding carboxylic acids is 1. The first kappa shape index (κ1) is 13.1. The summed E-state index contributed by atoms with van der Waals surface area (Å²) >= 11 is 5.19. The van der Waals surface area contributed by atoms with Crippen molar-refractivity contribution in [3.05, 3.63) is 50.6 Å². The van der Waals surface area contributed by atoms with E-state index >= 15 is 0 Å². The van der Waals surface area contributed by atoms with Crippen LogP contribution in [0.3, 0.4) is 0 Å². The van der Waals surface area contributed by atoms with E-state index in [1.165, 1.54) is 12.0 Å². The summed E-state index contributed by atoms with van der Waals surface area (Å²) in [5.41, 5.74) is 1.53. The van der Waals surface area contributed by atoms with E-state index in [4.69, 9.17) is 0 Å². The summed E-state index contributed by atoms with van der Waals surface area (Å²) in [5.74, 6) is -0.317. The van der Waals surface area contributed by atoms with E-state index in [0.717, 1.165) is 16.7 Å². The number of hydrogen-bond acceptors (Lipinski definition) is 4. The number of thiophene rings is 1. The quantitative estimate of drug-likeness (QED) is 0.866. The van der Waals surface area contributed by atoms with Gasteiger partial charge < -0.3 is 10.1 Å². The summed E-state index contributed by atoms with van der Waals surface area (Å²) in [6, 6.07) is 9.26. The number of hydrogen-bond donors (Lipinski definition) is 1. The van der Waals surface area contributed by atoms with Crippen LogP contribution in [0.4, 0.5) is 5.69 Å². The van der Waals surface area contributed by atoms with E-state index < -0.39 is 0 Å². The Morgan fingerprint density at radius 2 is 2.06 bits per heavy atom. The van der Waals surface area contributed by atoms with Gasteiger partial charge in [0, 0.05) is 15.0 Å². The fourth-order valence-electron chi connectivity index (χ4n) is 1.48. The van der Waals surface area contributed by atoms with Crippen LogP contribution in [-0.2, 0) is 11.3 Å². The van der Waals surface area contributed by atoms with E-state index in [2.05, 4.69) is 26.0 Å². The fourth-order valence-corrected chi connectivity index (χ4v) is 2.91. The minimum atomic E-state index is -0.317. The van der Waals surface area contributed by atoms with Gasteiger partial charge >= 0.3 is 5.97 Å². The molecule has 0 aliphatic heterocycles. The molecule has 2 rings (SSSR count). The van der Waals surface area contributed by atoms with Crippen LogP contribution in [0.15, 0.2) is 40.2 Å². The summed E-state index contributed by atoms with van der Waals surface area (Å²) < 4.78 is 5.76. The number of nitrogens with one attached hydrogen (secondary N) is 1. The van der Waals surface area contributed by atoms with Gasteiger partial charge in [0.15, 0.2) is 0 Å². The minimum absolute atomic E-state index is 0.317. The third-order valence-corrected chi connectivity index (χ3v) is 4.38. The molecule has 0 bridgehead atoms. The molecule has 5 heteroatoms. The Morgan fingerprint density at radius 3 is 2.61 bits per heavy atom. The predicted octanol–water partition coefficient (Wildman–Crippen LogP) is 3.91. The van der Waals surface area contributed by atoms with E-state index in [1.54, 1.807) is 23.5 Å². The molecule has 0 spiro atoms. The summed E-state index contributed by atoms with van der Waals surface area (Å²) in [5, 5.41) is 5.34. The summed E-state index contributed by atoms with van der Waals surface area (Å²) in [6.07, 6.45) is 0. The maximum atomic E-state index is 11.3. The Kier molecular flexibility index (Phi) is 4.38. The maximum Gasteiger partial charge on any atom is 0.337 e.